The minimum atomic E-state index is 0.728. The number of para-hydroxylation sites is 1. The molecule has 0 unspecified atom stereocenters. The topological polar surface area (TPSA) is 43.6 Å². The van der Waals surface area contributed by atoms with Crippen LogP contribution in [0.5, 0.6) is 0 Å². The number of benzene rings is 2. The number of halogens is 1. The summed E-state index contributed by atoms with van der Waals surface area (Å²) in [4.78, 5) is 4.63. The Kier molecular flexibility index (Phi) is 4.64. The van der Waals surface area contributed by atoms with Crippen molar-refractivity contribution in [2.75, 3.05) is 0 Å². The molecule has 0 aliphatic carbocycles. The Morgan fingerprint density at radius 3 is 2.75 bits per heavy atom. The summed E-state index contributed by atoms with van der Waals surface area (Å²) >= 11 is 6.87. The molecule has 0 amide bonds. The molecule has 120 valence electrons. The highest BCUT2D eigenvalue weighted by Crippen LogP contribution is 2.30. The molecule has 0 spiro atoms. The van der Waals surface area contributed by atoms with Gasteiger partial charge < -0.3 is 0 Å². The Morgan fingerprint density at radius 2 is 1.92 bits per heavy atom. The minimum Gasteiger partial charge on any atom is -0.248 e. The second-order valence-corrected chi connectivity index (χ2v) is 8.44. The molecular formula is C17H13BrN4S2. The van der Waals surface area contributed by atoms with Crippen molar-refractivity contribution in [3.05, 3.63) is 70.5 Å². The molecule has 7 heteroatoms. The third-order valence-electron chi connectivity index (χ3n) is 3.46. The number of nitrogens with zero attached hydrogens (tertiary/aromatic N) is 4. The lowest BCUT2D eigenvalue weighted by Crippen LogP contribution is -1.99. The number of hydrogen-bond acceptors (Lipinski definition) is 5. The number of thiazole rings is 1. The van der Waals surface area contributed by atoms with E-state index in [-0.39, 0.29) is 0 Å². The summed E-state index contributed by atoms with van der Waals surface area (Å²) < 4.78 is 5.24. The van der Waals surface area contributed by atoms with Crippen molar-refractivity contribution < 1.29 is 0 Å². The molecule has 0 radical (unpaired) electrons. The van der Waals surface area contributed by atoms with Crippen molar-refractivity contribution in [2.24, 2.45) is 0 Å². The largest absolute Gasteiger partial charge is 0.248 e. The van der Waals surface area contributed by atoms with Gasteiger partial charge in [0, 0.05) is 16.4 Å². The Balaban J connectivity index is 1.40. The van der Waals surface area contributed by atoms with Crippen LogP contribution in [0.4, 0.5) is 0 Å². The number of hydrogen-bond donors (Lipinski definition) is 0. The van der Waals surface area contributed by atoms with Gasteiger partial charge in [-0.2, -0.15) is 0 Å². The van der Waals surface area contributed by atoms with Crippen LogP contribution in [0.15, 0.2) is 63.5 Å². The highest BCUT2D eigenvalue weighted by Gasteiger charge is 2.07. The highest BCUT2D eigenvalue weighted by molar-refractivity contribution is 9.10. The van der Waals surface area contributed by atoms with E-state index in [1.165, 1.54) is 10.3 Å². The molecule has 0 aliphatic heterocycles. The quantitative estimate of drug-likeness (QED) is 0.429. The van der Waals surface area contributed by atoms with E-state index >= 15 is 0 Å². The van der Waals surface area contributed by atoms with Crippen LogP contribution in [-0.4, -0.2) is 20.0 Å². The number of fused-ring (bicyclic) bond motifs is 1. The fraction of sp³-hybridized carbons (Fsp3) is 0.118. The van der Waals surface area contributed by atoms with Gasteiger partial charge in [-0.25, -0.2) is 9.67 Å². The predicted octanol–water partition coefficient (Wildman–Crippen LogP) is 4.99. The second-order valence-electron chi connectivity index (χ2n) is 5.27. The third kappa shape index (κ3) is 3.68. The lowest BCUT2D eigenvalue weighted by molar-refractivity contribution is 0.649. The molecule has 2 aromatic carbocycles. The molecule has 4 aromatic rings. The Bertz CT molecular complexity index is 929. The average molecular weight is 417 g/mol. The first kappa shape index (κ1) is 15.8. The molecule has 2 aromatic heterocycles. The van der Waals surface area contributed by atoms with E-state index in [2.05, 4.69) is 49.4 Å². The molecule has 0 bridgehead atoms. The van der Waals surface area contributed by atoms with E-state index < -0.39 is 0 Å². The van der Waals surface area contributed by atoms with Crippen LogP contribution in [0.1, 0.15) is 11.3 Å². The standard InChI is InChI=1S/C17H13BrN4S2/c18-13-7-5-12(6-8-13)9-22-10-14(20-21-22)11-23-17-19-15-3-1-2-4-16(15)24-17/h1-8,10H,9,11H2. The summed E-state index contributed by atoms with van der Waals surface area (Å²) in [6, 6.07) is 16.5. The monoisotopic (exact) mass is 416 g/mol. The van der Waals surface area contributed by atoms with Crippen molar-refractivity contribution in [3.8, 4) is 0 Å². The van der Waals surface area contributed by atoms with Gasteiger partial charge in [0.25, 0.3) is 0 Å². The molecule has 24 heavy (non-hydrogen) atoms. The van der Waals surface area contributed by atoms with Crippen molar-refractivity contribution >= 4 is 49.2 Å². The SMILES string of the molecule is Brc1ccc(Cn2cc(CSc3nc4ccccc4s3)nn2)cc1. The molecule has 4 nitrogen and oxygen atoms in total. The molecular weight excluding hydrogens is 404 g/mol. The van der Waals surface area contributed by atoms with Gasteiger partial charge in [0.05, 0.1) is 22.5 Å². The molecule has 0 atom stereocenters. The third-order valence-corrected chi connectivity index (χ3v) is 6.20. The summed E-state index contributed by atoms with van der Waals surface area (Å²) in [6.45, 7) is 0.728. The first-order valence-electron chi connectivity index (χ1n) is 7.38. The molecule has 0 saturated heterocycles. The number of thioether (sulfide) groups is 1. The van der Waals surface area contributed by atoms with E-state index in [9.17, 15) is 0 Å². The van der Waals surface area contributed by atoms with Gasteiger partial charge in [0.2, 0.25) is 0 Å². The van der Waals surface area contributed by atoms with E-state index in [0.29, 0.717) is 0 Å². The van der Waals surface area contributed by atoms with Gasteiger partial charge in [-0.3, -0.25) is 0 Å². The summed E-state index contributed by atoms with van der Waals surface area (Å²) in [5, 5.41) is 8.47. The zero-order valence-corrected chi connectivity index (χ0v) is 15.8. The summed E-state index contributed by atoms with van der Waals surface area (Å²) in [7, 11) is 0. The molecule has 2 heterocycles. The number of aromatic nitrogens is 4. The fourth-order valence-electron chi connectivity index (χ4n) is 2.31. The Hall–Kier alpha value is -1.70. The van der Waals surface area contributed by atoms with Crippen molar-refractivity contribution in [1.82, 2.24) is 20.0 Å². The summed E-state index contributed by atoms with van der Waals surface area (Å²) in [5.41, 5.74) is 3.23. The van der Waals surface area contributed by atoms with E-state index in [1.807, 2.05) is 41.2 Å². The molecule has 0 fully saturated rings. The van der Waals surface area contributed by atoms with Crippen molar-refractivity contribution in [1.29, 1.82) is 0 Å². The van der Waals surface area contributed by atoms with E-state index in [0.717, 1.165) is 32.3 Å². The summed E-state index contributed by atoms with van der Waals surface area (Å²) in [5.74, 6) is 0.778. The maximum absolute atomic E-state index is 4.63. The highest BCUT2D eigenvalue weighted by atomic mass is 79.9. The first-order valence-corrected chi connectivity index (χ1v) is 9.97. The van der Waals surface area contributed by atoms with Crippen molar-refractivity contribution in [3.63, 3.8) is 0 Å². The predicted molar refractivity (Wildman–Crippen MR) is 102 cm³/mol. The minimum absolute atomic E-state index is 0.728. The van der Waals surface area contributed by atoms with Crippen LogP contribution in [0, 0.1) is 0 Å². The van der Waals surface area contributed by atoms with Gasteiger partial charge in [0.15, 0.2) is 4.34 Å². The zero-order valence-electron chi connectivity index (χ0n) is 12.6. The lowest BCUT2D eigenvalue weighted by Gasteiger charge is -2.00. The molecule has 4 rings (SSSR count). The van der Waals surface area contributed by atoms with Gasteiger partial charge in [-0.1, -0.05) is 57.2 Å². The van der Waals surface area contributed by atoms with Crippen molar-refractivity contribution in [2.45, 2.75) is 16.6 Å². The maximum atomic E-state index is 4.63. The molecule has 0 saturated carbocycles. The van der Waals surface area contributed by atoms with Gasteiger partial charge in [-0.15, -0.1) is 16.4 Å². The number of rotatable bonds is 5. The normalized spacial score (nSPS) is 11.2. The second kappa shape index (κ2) is 7.04. The van der Waals surface area contributed by atoms with Crippen LogP contribution < -0.4 is 0 Å². The maximum Gasteiger partial charge on any atom is 0.151 e. The Labute approximate surface area is 156 Å². The van der Waals surface area contributed by atoms with Crippen LogP contribution >= 0.6 is 39.0 Å². The van der Waals surface area contributed by atoms with Crippen LogP contribution in [-0.2, 0) is 12.3 Å². The summed E-state index contributed by atoms with van der Waals surface area (Å²) in [6.07, 6.45) is 2.00. The van der Waals surface area contributed by atoms with Gasteiger partial charge in [-0.05, 0) is 29.8 Å². The van der Waals surface area contributed by atoms with E-state index in [1.54, 1.807) is 23.1 Å². The van der Waals surface area contributed by atoms with Gasteiger partial charge in [0.1, 0.15) is 0 Å². The smallest absolute Gasteiger partial charge is 0.151 e. The van der Waals surface area contributed by atoms with Crippen LogP contribution in [0.2, 0.25) is 0 Å². The van der Waals surface area contributed by atoms with Crippen LogP contribution in [0.3, 0.4) is 0 Å². The van der Waals surface area contributed by atoms with Crippen LogP contribution in [0.25, 0.3) is 10.2 Å². The first-order chi connectivity index (χ1) is 11.8. The average Bonchev–Trinajstić information content (AvgIpc) is 3.21. The van der Waals surface area contributed by atoms with Gasteiger partial charge >= 0.3 is 0 Å². The van der Waals surface area contributed by atoms with E-state index in [4.69, 9.17) is 0 Å². The molecule has 0 aliphatic rings. The fourth-order valence-corrected chi connectivity index (χ4v) is 4.52. The lowest BCUT2D eigenvalue weighted by atomic mass is 10.2. The Morgan fingerprint density at radius 1 is 1.08 bits per heavy atom. The zero-order chi connectivity index (χ0) is 16.4. The molecule has 0 N–H and O–H groups in total.